The first-order valence-corrected chi connectivity index (χ1v) is 7.64. The first kappa shape index (κ1) is 15.8. The van der Waals surface area contributed by atoms with Crippen LogP contribution in [-0.4, -0.2) is 38.1 Å². The number of hydrogen-bond acceptors (Lipinski definition) is 2. The number of carbonyl (C=O) groups is 1. The quantitative estimate of drug-likeness (QED) is 0.904. The Bertz CT molecular complexity index is 482. The van der Waals surface area contributed by atoms with Crippen molar-refractivity contribution in [3.63, 3.8) is 0 Å². The third-order valence-corrected chi connectivity index (χ3v) is 3.93. The largest absolute Gasteiger partial charge is 0.366 e. The second-order valence-electron chi connectivity index (χ2n) is 5.31. The van der Waals surface area contributed by atoms with Gasteiger partial charge in [-0.25, -0.2) is 9.71 Å². The van der Waals surface area contributed by atoms with Crippen LogP contribution in [-0.2, 0) is 0 Å². The lowest BCUT2D eigenvalue weighted by Crippen LogP contribution is -2.40. The molecule has 115 valence electrons. The summed E-state index contributed by atoms with van der Waals surface area (Å²) in [6.07, 6.45) is 1.75. The van der Waals surface area contributed by atoms with Gasteiger partial charge in [-0.05, 0) is 31.0 Å². The number of hydrogen-bond donors (Lipinski definition) is 1. The topological polar surface area (TPSA) is 46.4 Å². The number of anilines is 1. The molecule has 0 atom stereocenters. The van der Waals surface area contributed by atoms with Crippen LogP contribution in [0.4, 0.5) is 10.1 Å². The number of nitrogens with one attached hydrogen (secondary N) is 1. The Hall–Kier alpha value is -1.62. The molecule has 0 saturated carbocycles. The van der Waals surface area contributed by atoms with E-state index >= 15 is 0 Å². The van der Waals surface area contributed by atoms with Crippen molar-refractivity contribution in [3.8, 4) is 0 Å². The van der Waals surface area contributed by atoms with Crippen LogP contribution in [0.2, 0.25) is 0 Å². The van der Waals surface area contributed by atoms with E-state index in [4.69, 9.17) is 0 Å². The van der Waals surface area contributed by atoms with E-state index in [1.807, 2.05) is 18.7 Å². The van der Waals surface area contributed by atoms with E-state index in [1.165, 1.54) is 6.07 Å². The van der Waals surface area contributed by atoms with E-state index in [9.17, 15) is 9.18 Å². The van der Waals surface area contributed by atoms with Gasteiger partial charge in [0.2, 0.25) is 0 Å². The fraction of sp³-hybridized carbons (Fsp3) is 0.562. The normalized spacial score (nSPS) is 15.3. The maximum Gasteiger partial charge on any atom is 0.251 e. The molecule has 1 fully saturated rings. The fourth-order valence-corrected chi connectivity index (χ4v) is 2.51. The SMILES string of the molecule is CCC(CC)NC(=O)c1ccc(N2CC[N]CC2)c(F)c1. The molecular formula is C16H23FN3O. The molecule has 1 amide bonds. The summed E-state index contributed by atoms with van der Waals surface area (Å²) < 4.78 is 14.2. The molecule has 1 aliphatic heterocycles. The summed E-state index contributed by atoms with van der Waals surface area (Å²) in [6.45, 7) is 6.98. The van der Waals surface area contributed by atoms with Crippen LogP contribution >= 0.6 is 0 Å². The summed E-state index contributed by atoms with van der Waals surface area (Å²) in [6, 6.07) is 4.87. The molecule has 1 N–H and O–H groups in total. The van der Waals surface area contributed by atoms with Gasteiger partial charge < -0.3 is 10.2 Å². The van der Waals surface area contributed by atoms with Crippen LogP contribution in [0.5, 0.6) is 0 Å². The van der Waals surface area contributed by atoms with Crippen molar-refractivity contribution in [3.05, 3.63) is 29.6 Å². The minimum atomic E-state index is -0.339. The molecule has 0 aliphatic carbocycles. The lowest BCUT2D eigenvalue weighted by molar-refractivity contribution is 0.0934. The van der Waals surface area contributed by atoms with Gasteiger partial charge >= 0.3 is 0 Å². The van der Waals surface area contributed by atoms with Crippen LogP contribution < -0.4 is 15.5 Å². The molecule has 1 aliphatic rings. The van der Waals surface area contributed by atoms with E-state index in [-0.39, 0.29) is 17.8 Å². The van der Waals surface area contributed by atoms with Gasteiger partial charge in [-0.2, -0.15) is 0 Å². The molecule has 0 spiro atoms. The van der Waals surface area contributed by atoms with Crippen molar-refractivity contribution in [2.45, 2.75) is 32.7 Å². The lowest BCUT2D eigenvalue weighted by Gasteiger charge is -2.29. The predicted molar refractivity (Wildman–Crippen MR) is 82.3 cm³/mol. The molecule has 2 rings (SSSR count). The number of halogens is 1. The number of carbonyl (C=O) groups excluding carboxylic acids is 1. The second kappa shape index (κ2) is 7.41. The van der Waals surface area contributed by atoms with Crippen molar-refractivity contribution in [1.29, 1.82) is 0 Å². The number of benzene rings is 1. The van der Waals surface area contributed by atoms with Crippen LogP contribution in [0.15, 0.2) is 18.2 Å². The molecule has 1 radical (unpaired) electrons. The minimum absolute atomic E-state index is 0.143. The third kappa shape index (κ3) is 3.94. The van der Waals surface area contributed by atoms with Crippen LogP contribution in [0.1, 0.15) is 37.0 Å². The minimum Gasteiger partial charge on any atom is -0.366 e. The van der Waals surface area contributed by atoms with Crippen LogP contribution in [0, 0.1) is 5.82 Å². The number of amides is 1. The number of nitrogens with zero attached hydrogens (tertiary/aromatic N) is 2. The Balaban J connectivity index is 2.09. The lowest BCUT2D eigenvalue weighted by atomic mass is 10.1. The molecule has 1 heterocycles. The molecule has 0 unspecified atom stereocenters. The number of piperazine rings is 1. The standard InChI is InChI=1S/C16H23FN3O/c1-3-13(4-2)19-16(21)12-5-6-15(14(17)11-12)20-9-7-18-8-10-20/h5-6,11,13H,3-4,7-10H2,1-2H3,(H,19,21). The van der Waals surface area contributed by atoms with Crippen LogP contribution in [0.3, 0.4) is 0 Å². The zero-order valence-electron chi connectivity index (χ0n) is 12.7. The summed E-state index contributed by atoms with van der Waals surface area (Å²) in [5, 5.41) is 7.18. The maximum atomic E-state index is 14.2. The molecule has 0 aromatic heterocycles. The van der Waals surface area contributed by atoms with Crippen molar-refractivity contribution >= 4 is 11.6 Å². The van der Waals surface area contributed by atoms with E-state index in [2.05, 4.69) is 10.6 Å². The zero-order valence-corrected chi connectivity index (χ0v) is 12.7. The van der Waals surface area contributed by atoms with E-state index in [0.717, 1.165) is 39.0 Å². The number of rotatable bonds is 5. The molecule has 1 aromatic carbocycles. The molecule has 4 nitrogen and oxygen atoms in total. The monoisotopic (exact) mass is 292 g/mol. The smallest absolute Gasteiger partial charge is 0.251 e. The molecule has 0 bridgehead atoms. The highest BCUT2D eigenvalue weighted by Crippen LogP contribution is 2.21. The van der Waals surface area contributed by atoms with Gasteiger partial charge in [-0.3, -0.25) is 4.79 Å². The Labute approximate surface area is 125 Å². The molecule has 1 aromatic rings. The Morgan fingerprint density at radius 2 is 2.00 bits per heavy atom. The highest BCUT2D eigenvalue weighted by Gasteiger charge is 2.17. The van der Waals surface area contributed by atoms with Crippen LogP contribution in [0.25, 0.3) is 0 Å². The van der Waals surface area contributed by atoms with Gasteiger partial charge in [0.1, 0.15) is 5.82 Å². The van der Waals surface area contributed by atoms with Gasteiger partial charge in [-0.1, -0.05) is 13.8 Å². The average Bonchev–Trinajstić information content (AvgIpc) is 2.53. The van der Waals surface area contributed by atoms with Crippen molar-refractivity contribution in [1.82, 2.24) is 10.6 Å². The van der Waals surface area contributed by atoms with Gasteiger partial charge in [0.25, 0.3) is 5.91 Å². The fourth-order valence-electron chi connectivity index (χ4n) is 2.51. The average molecular weight is 292 g/mol. The van der Waals surface area contributed by atoms with Gasteiger partial charge in [0.05, 0.1) is 5.69 Å². The zero-order chi connectivity index (χ0) is 15.2. The first-order valence-electron chi connectivity index (χ1n) is 7.64. The van der Waals surface area contributed by atoms with E-state index < -0.39 is 0 Å². The molecule has 5 heteroatoms. The molecular weight excluding hydrogens is 269 g/mol. The summed E-state index contributed by atoms with van der Waals surface area (Å²) >= 11 is 0. The van der Waals surface area contributed by atoms with E-state index in [0.29, 0.717) is 11.3 Å². The molecule has 1 saturated heterocycles. The first-order chi connectivity index (χ1) is 10.2. The summed E-state index contributed by atoms with van der Waals surface area (Å²) in [5.41, 5.74) is 0.939. The maximum absolute atomic E-state index is 14.2. The highest BCUT2D eigenvalue weighted by atomic mass is 19.1. The van der Waals surface area contributed by atoms with Crippen molar-refractivity contribution in [2.24, 2.45) is 0 Å². The third-order valence-electron chi connectivity index (χ3n) is 3.93. The predicted octanol–water partition coefficient (Wildman–Crippen LogP) is 2.17. The summed E-state index contributed by atoms with van der Waals surface area (Å²) in [4.78, 5) is 14.1. The second-order valence-corrected chi connectivity index (χ2v) is 5.31. The Morgan fingerprint density at radius 1 is 1.33 bits per heavy atom. The Kier molecular flexibility index (Phi) is 5.56. The van der Waals surface area contributed by atoms with Crippen molar-refractivity contribution < 1.29 is 9.18 Å². The van der Waals surface area contributed by atoms with Gasteiger partial charge in [0.15, 0.2) is 0 Å². The highest BCUT2D eigenvalue weighted by molar-refractivity contribution is 5.94. The van der Waals surface area contributed by atoms with E-state index in [1.54, 1.807) is 12.1 Å². The van der Waals surface area contributed by atoms with Crippen molar-refractivity contribution in [2.75, 3.05) is 31.1 Å². The van der Waals surface area contributed by atoms with Gasteiger partial charge in [-0.15, -0.1) is 0 Å². The van der Waals surface area contributed by atoms with Gasteiger partial charge in [0, 0.05) is 37.8 Å². The summed E-state index contributed by atoms with van der Waals surface area (Å²) in [5.74, 6) is -0.545. The molecule has 21 heavy (non-hydrogen) atoms. The summed E-state index contributed by atoms with van der Waals surface area (Å²) in [7, 11) is 0. The Morgan fingerprint density at radius 3 is 2.57 bits per heavy atom.